The molecule has 6 rings (SSSR count). The molecule has 2 aliphatic rings. The second-order valence-electron chi connectivity index (χ2n) is 11.5. The van der Waals surface area contributed by atoms with Crippen LogP contribution < -0.4 is 15.4 Å². The largest absolute Gasteiger partial charge is 0.462 e. The highest BCUT2D eigenvalue weighted by Crippen LogP contribution is 2.41. The molecule has 0 bridgehead atoms. The van der Waals surface area contributed by atoms with Gasteiger partial charge >= 0.3 is 12.2 Å². The molecule has 46 heavy (non-hydrogen) atoms. The maximum Gasteiger partial charge on any atom is 0.417 e. The van der Waals surface area contributed by atoms with Gasteiger partial charge in [0.15, 0.2) is 0 Å². The van der Waals surface area contributed by atoms with Gasteiger partial charge in [0.1, 0.15) is 24.2 Å². The molecular weight excluding hydrogens is 606 g/mol. The van der Waals surface area contributed by atoms with Gasteiger partial charge in [-0.25, -0.2) is 9.37 Å². The number of ether oxygens (including phenoxy) is 1. The van der Waals surface area contributed by atoms with E-state index in [-0.39, 0.29) is 79.5 Å². The lowest BCUT2D eigenvalue weighted by Crippen LogP contribution is -2.55. The fraction of sp³-hybridized carbons (Fsp3) is 0.387. The number of hydrogen-bond donors (Lipinski definition) is 1. The quantitative estimate of drug-likeness (QED) is 0.181. The molecule has 4 aromatic rings. The number of carbonyl (C=O) groups is 1. The topological polar surface area (TPSA) is 129 Å². The van der Waals surface area contributed by atoms with Crippen molar-refractivity contribution in [2.45, 2.75) is 37.3 Å². The number of anilines is 2. The molecule has 0 aliphatic carbocycles. The van der Waals surface area contributed by atoms with Crippen molar-refractivity contribution in [1.29, 1.82) is 5.26 Å². The number of fused-ring (bicyclic) bond motifs is 3. The normalized spacial score (nSPS) is 20.7. The first-order chi connectivity index (χ1) is 22.0. The van der Waals surface area contributed by atoms with E-state index < -0.39 is 24.0 Å². The van der Waals surface area contributed by atoms with Crippen molar-refractivity contribution in [3.63, 3.8) is 0 Å². The van der Waals surface area contributed by atoms with Crippen LogP contribution in [0.5, 0.6) is 6.01 Å². The van der Waals surface area contributed by atoms with Crippen LogP contribution in [0.4, 0.5) is 29.1 Å². The van der Waals surface area contributed by atoms with E-state index in [9.17, 15) is 27.6 Å². The molecule has 1 aromatic carbocycles. The number of halogens is 4. The van der Waals surface area contributed by atoms with Crippen LogP contribution in [0.1, 0.15) is 18.4 Å². The van der Waals surface area contributed by atoms with E-state index >= 15 is 0 Å². The molecule has 3 aromatic heterocycles. The number of aromatic nitrogens is 4. The van der Waals surface area contributed by atoms with E-state index in [1.165, 1.54) is 34.9 Å². The van der Waals surface area contributed by atoms with Crippen LogP contribution in [0.15, 0.2) is 49.3 Å². The number of carbonyl (C=O) groups excluding carboxylic acids is 1. The summed E-state index contributed by atoms with van der Waals surface area (Å²) >= 11 is 0. The zero-order valence-electron chi connectivity index (χ0n) is 24.9. The molecule has 0 unspecified atom stereocenters. The van der Waals surface area contributed by atoms with Gasteiger partial charge in [0.2, 0.25) is 5.91 Å². The Morgan fingerprint density at radius 2 is 2.02 bits per heavy atom. The van der Waals surface area contributed by atoms with Gasteiger partial charge in [0.25, 0.3) is 0 Å². The van der Waals surface area contributed by atoms with Gasteiger partial charge in [0, 0.05) is 55.9 Å². The third kappa shape index (κ3) is 5.76. The number of rotatable bonds is 7. The van der Waals surface area contributed by atoms with Crippen molar-refractivity contribution < 1.29 is 27.1 Å². The fourth-order valence-electron chi connectivity index (χ4n) is 6.28. The second kappa shape index (κ2) is 12.1. The highest BCUT2D eigenvalue weighted by molar-refractivity contribution is 6.03. The lowest BCUT2D eigenvalue weighted by Gasteiger charge is -2.41. The third-order valence-electron chi connectivity index (χ3n) is 8.53. The van der Waals surface area contributed by atoms with Gasteiger partial charge in [0.05, 0.1) is 40.7 Å². The summed E-state index contributed by atoms with van der Waals surface area (Å²) in [6.07, 6.45) is -1.11. The van der Waals surface area contributed by atoms with Gasteiger partial charge in [-0.2, -0.15) is 28.4 Å². The zero-order valence-corrected chi connectivity index (χ0v) is 24.9. The van der Waals surface area contributed by atoms with Crippen molar-refractivity contribution in [3.8, 4) is 23.3 Å². The van der Waals surface area contributed by atoms with Crippen molar-refractivity contribution in [2.24, 2.45) is 0 Å². The number of nitriles is 1. The fourth-order valence-corrected chi connectivity index (χ4v) is 6.28. The summed E-state index contributed by atoms with van der Waals surface area (Å²) in [6, 6.07) is 6.28. The molecular formula is C31H31F4N9O2. The molecule has 1 amide bonds. The van der Waals surface area contributed by atoms with Gasteiger partial charge in [-0.15, -0.1) is 0 Å². The van der Waals surface area contributed by atoms with E-state index in [1.54, 1.807) is 18.1 Å². The minimum atomic E-state index is -4.67. The molecule has 0 saturated carbocycles. The highest BCUT2D eigenvalue weighted by Gasteiger charge is 2.36. The standard InChI is InChI=1S/C31H31F4N9O2/c1-3-26(45)43-11-10-42(16-20(43)6-7-36)29-27-24(39-30(40-29)46-17-21-12-18(32)15-41(21)2)14-25(44-9-8-38-28(27)44)22-13-19(37)4-5-23(22)31(33,34)35/h3-5,8-9,13-14,18,20-21H,1,6,10-12,15-17,37H2,2H3/t18-,20+,21+/m1/s1. The number of benzene rings is 1. The number of pyridine rings is 1. The Kier molecular flexibility index (Phi) is 8.15. The van der Waals surface area contributed by atoms with E-state index in [2.05, 4.69) is 22.6 Å². The molecule has 11 nitrogen and oxygen atoms in total. The highest BCUT2D eigenvalue weighted by atomic mass is 19.4. The molecule has 2 saturated heterocycles. The van der Waals surface area contributed by atoms with Crippen molar-refractivity contribution in [1.82, 2.24) is 29.2 Å². The van der Waals surface area contributed by atoms with Crippen LogP contribution in [0, 0.1) is 11.3 Å². The number of nitrogens with two attached hydrogens (primary N) is 1. The monoisotopic (exact) mass is 637 g/mol. The summed E-state index contributed by atoms with van der Waals surface area (Å²) in [6.45, 7) is 4.76. The third-order valence-corrected chi connectivity index (χ3v) is 8.53. The predicted molar refractivity (Wildman–Crippen MR) is 163 cm³/mol. The van der Waals surface area contributed by atoms with Gasteiger partial charge < -0.3 is 20.3 Å². The molecule has 2 N–H and O–H groups in total. The molecule has 240 valence electrons. The minimum Gasteiger partial charge on any atom is -0.462 e. The molecule has 2 fully saturated rings. The maximum atomic E-state index is 14.2. The van der Waals surface area contributed by atoms with Gasteiger partial charge in [-0.05, 0) is 43.8 Å². The van der Waals surface area contributed by atoms with Crippen LogP contribution in [0.2, 0.25) is 0 Å². The number of imidazole rings is 1. The number of likely N-dealkylation sites (N-methyl/N-ethyl adjacent to an activating group) is 1. The number of hydrogen-bond acceptors (Lipinski definition) is 9. The van der Waals surface area contributed by atoms with Crippen LogP contribution in [-0.4, -0.2) is 93.1 Å². The zero-order chi connectivity index (χ0) is 32.7. The Balaban J connectivity index is 1.52. The Morgan fingerprint density at radius 3 is 2.72 bits per heavy atom. The first-order valence-electron chi connectivity index (χ1n) is 14.7. The van der Waals surface area contributed by atoms with Gasteiger partial charge in [-0.3, -0.25) is 14.1 Å². The number of nitrogens with zero attached hydrogens (tertiary/aromatic N) is 8. The SMILES string of the molecule is C=CC(=O)N1CCN(c2nc(OC[C@@H]3C[C@@H](F)CN3C)nc3cc(-c4cc(N)ccc4C(F)(F)F)n4ccnc4c23)C[C@@H]1CC#N. The number of piperazine rings is 1. The predicted octanol–water partition coefficient (Wildman–Crippen LogP) is 4.08. The van der Waals surface area contributed by atoms with E-state index in [0.717, 1.165) is 6.07 Å². The molecule has 5 heterocycles. The number of amides is 1. The average Bonchev–Trinajstić information content (AvgIpc) is 3.64. The lowest BCUT2D eigenvalue weighted by atomic mass is 10.0. The Morgan fingerprint density at radius 1 is 1.22 bits per heavy atom. The van der Waals surface area contributed by atoms with E-state index in [1.807, 2.05) is 9.80 Å². The van der Waals surface area contributed by atoms with E-state index in [0.29, 0.717) is 23.4 Å². The average molecular weight is 638 g/mol. The second-order valence-corrected chi connectivity index (χ2v) is 11.5. The first kappa shape index (κ1) is 31.0. The van der Waals surface area contributed by atoms with Crippen molar-refractivity contribution >= 4 is 34.0 Å². The number of likely N-dealkylation sites (tertiary alicyclic amines) is 1. The Hall–Kier alpha value is -4.97. The molecule has 0 spiro atoms. The Labute approximate surface area is 261 Å². The smallest absolute Gasteiger partial charge is 0.417 e. The summed E-state index contributed by atoms with van der Waals surface area (Å²) in [4.78, 5) is 31.7. The summed E-state index contributed by atoms with van der Waals surface area (Å²) in [5.41, 5.74) is 5.76. The minimum absolute atomic E-state index is 0.0508. The summed E-state index contributed by atoms with van der Waals surface area (Å²) in [5.74, 6) is 0.0781. The van der Waals surface area contributed by atoms with Gasteiger partial charge in [-0.1, -0.05) is 6.58 Å². The molecule has 0 radical (unpaired) electrons. The van der Waals surface area contributed by atoms with Crippen LogP contribution >= 0.6 is 0 Å². The maximum absolute atomic E-state index is 14.2. The van der Waals surface area contributed by atoms with Crippen molar-refractivity contribution in [3.05, 3.63) is 54.9 Å². The molecule has 2 aliphatic heterocycles. The summed E-state index contributed by atoms with van der Waals surface area (Å²) < 4.78 is 64.2. The van der Waals surface area contributed by atoms with E-state index in [4.69, 9.17) is 15.5 Å². The van der Waals surface area contributed by atoms with Crippen molar-refractivity contribution in [2.75, 3.05) is 50.5 Å². The van der Waals surface area contributed by atoms with Crippen LogP contribution in [0.25, 0.3) is 27.8 Å². The van der Waals surface area contributed by atoms with Crippen LogP contribution in [0.3, 0.4) is 0 Å². The summed E-state index contributed by atoms with van der Waals surface area (Å²) in [5, 5.41) is 9.96. The molecule has 15 heteroatoms. The number of nitrogen functional groups attached to an aromatic ring is 1. The first-order valence-corrected chi connectivity index (χ1v) is 14.7. The van der Waals surface area contributed by atoms with Crippen LogP contribution in [-0.2, 0) is 11.0 Å². The number of alkyl halides is 4. The lowest BCUT2D eigenvalue weighted by molar-refractivity contribution is -0.137. The Bertz CT molecular complexity index is 1850. The molecule has 3 atom stereocenters. The summed E-state index contributed by atoms with van der Waals surface area (Å²) in [7, 11) is 1.80.